The van der Waals surface area contributed by atoms with Gasteiger partial charge in [0.05, 0.1) is 17.4 Å². The van der Waals surface area contributed by atoms with Gasteiger partial charge < -0.3 is 19.2 Å². The van der Waals surface area contributed by atoms with Gasteiger partial charge in [-0.3, -0.25) is 14.6 Å². The number of pyridine rings is 1. The summed E-state index contributed by atoms with van der Waals surface area (Å²) < 4.78 is 12.2. The first-order chi connectivity index (χ1) is 15.4. The van der Waals surface area contributed by atoms with Gasteiger partial charge in [-0.15, -0.1) is 0 Å². The summed E-state index contributed by atoms with van der Waals surface area (Å²) >= 11 is 3.40. The van der Waals surface area contributed by atoms with Crippen molar-refractivity contribution in [1.82, 2.24) is 9.88 Å². The topological polar surface area (TPSA) is 92.9 Å². The average molecular weight is 499 g/mol. The zero-order valence-corrected chi connectivity index (χ0v) is 19.3. The van der Waals surface area contributed by atoms with Crippen molar-refractivity contribution in [3.8, 4) is 0 Å². The quantitative estimate of drug-likeness (QED) is 0.347. The molecule has 7 nitrogen and oxygen atoms in total. The highest BCUT2D eigenvalue weighted by molar-refractivity contribution is 9.10. The fourth-order valence-corrected chi connectivity index (χ4v) is 4.15. The van der Waals surface area contributed by atoms with Gasteiger partial charge in [0, 0.05) is 29.2 Å². The Balaban J connectivity index is 1.69. The van der Waals surface area contributed by atoms with E-state index in [4.69, 9.17) is 9.15 Å². The Labute approximate surface area is 193 Å². The fraction of sp³-hybridized carbons (Fsp3) is 0.292. The normalized spacial score (nSPS) is 16.6. The molecule has 1 N–H and O–H groups in total. The van der Waals surface area contributed by atoms with Gasteiger partial charge in [0.15, 0.2) is 11.5 Å². The molecule has 1 aliphatic heterocycles. The minimum absolute atomic E-state index is 0.0309. The molecule has 1 atom stereocenters. The van der Waals surface area contributed by atoms with Gasteiger partial charge in [-0.2, -0.15) is 0 Å². The van der Waals surface area contributed by atoms with Crippen LogP contribution in [0.5, 0.6) is 0 Å². The second-order valence-corrected chi connectivity index (χ2v) is 8.73. The van der Waals surface area contributed by atoms with E-state index in [0.29, 0.717) is 30.8 Å². The summed E-state index contributed by atoms with van der Waals surface area (Å²) in [6.45, 7) is 4.64. The van der Waals surface area contributed by atoms with E-state index in [0.717, 1.165) is 9.86 Å². The van der Waals surface area contributed by atoms with Crippen molar-refractivity contribution in [3.05, 3.63) is 75.9 Å². The Bertz CT molecular complexity index is 1190. The van der Waals surface area contributed by atoms with Gasteiger partial charge in [0.25, 0.3) is 5.91 Å². The molecule has 0 saturated heterocycles. The maximum atomic E-state index is 13.5. The summed E-state index contributed by atoms with van der Waals surface area (Å²) in [5.41, 5.74) is 1.01. The molecule has 8 heteroatoms. The van der Waals surface area contributed by atoms with Crippen LogP contribution in [0, 0.1) is 0 Å². The van der Waals surface area contributed by atoms with Crippen LogP contribution in [0.3, 0.4) is 0 Å². The maximum absolute atomic E-state index is 13.5. The smallest absolute Gasteiger partial charge is 0.290 e. The maximum Gasteiger partial charge on any atom is 0.290 e. The van der Waals surface area contributed by atoms with E-state index in [-0.39, 0.29) is 17.4 Å². The van der Waals surface area contributed by atoms with Gasteiger partial charge >= 0.3 is 0 Å². The number of amides is 1. The third-order valence-electron chi connectivity index (χ3n) is 5.21. The van der Waals surface area contributed by atoms with Crippen molar-refractivity contribution in [2.75, 3.05) is 13.2 Å². The van der Waals surface area contributed by atoms with Crippen molar-refractivity contribution in [3.63, 3.8) is 0 Å². The summed E-state index contributed by atoms with van der Waals surface area (Å²) in [4.78, 5) is 32.2. The Morgan fingerprint density at radius 3 is 2.81 bits per heavy atom. The van der Waals surface area contributed by atoms with Crippen LogP contribution in [0.2, 0.25) is 0 Å². The number of hydrogen-bond acceptors (Lipinski definition) is 6. The predicted octanol–water partition coefficient (Wildman–Crippen LogP) is 4.98. The van der Waals surface area contributed by atoms with Crippen molar-refractivity contribution in [2.24, 2.45) is 0 Å². The van der Waals surface area contributed by atoms with Crippen LogP contribution >= 0.6 is 15.9 Å². The number of ether oxygens (including phenoxy) is 1. The second-order valence-electron chi connectivity index (χ2n) is 7.81. The van der Waals surface area contributed by atoms with E-state index in [1.807, 2.05) is 26.0 Å². The first kappa shape index (κ1) is 22.2. The molecule has 0 saturated carbocycles. The second kappa shape index (κ2) is 9.26. The van der Waals surface area contributed by atoms with Crippen LogP contribution in [0.15, 0.2) is 68.9 Å². The minimum atomic E-state index is -0.810. The molecule has 2 aromatic heterocycles. The molecule has 0 fully saturated rings. The van der Waals surface area contributed by atoms with Crippen LogP contribution < -0.4 is 0 Å². The fourth-order valence-electron chi connectivity index (χ4n) is 3.77. The number of carbonyl (C=O) groups excluding carboxylic acids is 2. The third-order valence-corrected chi connectivity index (χ3v) is 5.71. The molecule has 1 aromatic carbocycles. The highest BCUT2D eigenvalue weighted by atomic mass is 79.9. The number of aromatic nitrogens is 1. The van der Waals surface area contributed by atoms with Crippen molar-refractivity contribution < 1.29 is 23.8 Å². The number of Topliss-reactive ketones (excluding diaryl/α,β-unsaturated/α-hetero) is 1. The SMILES string of the molecule is CC(C)OCCCN1C(=O)C(O)=C(C(=O)c2cc3cc(Br)ccc3o2)C1c1ccccn1. The lowest BCUT2D eigenvalue weighted by atomic mass is 9.98. The molecule has 166 valence electrons. The number of benzene rings is 1. The molecule has 3 aromatic rings. The van der Waals surface area contributed by atoms with Crippen molar-refractivity contribution >= 4 is 38.6 Å². The van der Waals surface area contributed by atoms with Crippen molar-refractivity contribution in [1.29, 1.82) is 0 Å². The number of nitrogens with zero attached hydrogens (tertiary/aromatic N) is 2. The molecule has 1 aliphatic rings. The number of rotatable bonds is 8. The molecular formula is C24H23BrN2O5. The third kappa shape index (κ3) is 4.33. The minimum Gasteiger partial charge on any atom is -0.503 e. The van der Waals surface area contributed by atoms with E-state index in [1.54, 1.807) is 36.5 Å². The Morgan fingerprint density at radius 2 is 2.09 bits per heavy atom. The van der Waals surface area contributed by atoms with E-state index < -0.39 is 23.5 Å². The largest absolute Gasteiger partial charge is 0.503 e. The molecule has 3 heterocycles. The Morgan fingerprint density at radius 1 is 1.28 bits per heavy atom. The summed E-state index contributed by atoms with van der Waals surface area (Å²) in [5.74, 6) is -1.66. The number of aliphatic hydroxyl groups is 1. The molecule has 32 heavy (non-hydrogen) atoms. The first-order valence-corrected chi connectivity index (χ1v) is 11.2. The van der Waals surface area contributed by atoms with E-state index in [2.05, 4.69) is 20.9 Å². The molecule has 1 amide bonds. The summed E-state index contributed by atoms with van der Waals surface area (Å²) in [6, 6.07) is 11.5. The zero-order chi connectivity index (χ0) is 22.8. The highest BCUT2D eigenvalue weighted by Crippen LogP contribution is 2.39. The lowest BCUT2D eigenvalue weighted by Gasteiger charge is -2.26. The summed E-state index contributed by atoms with van der Waals surface area (Å²) in [5, 5.41) is 11.5. The van der Waals surface area contributed by atoms with Crippen LogP contribution in [0.4, 0.5) is 0 Å². The Hall–Kier alpha value is -2.97. The van der Waals surface area contributed by atoms with E-state index >= 15 is 0 Å². The lowest BCUT2D eigenvalue weighted by Crippen LogP contribution is -2.33. The number of fused-ring (bicyclic) bond motifs is 1. The number of ketones is 1. The molecule has 0 bridgehead atoms. The van der Waals surface area contributed by atoms with Crippen LogP contribution in [0.1, 0.15) is 42.6 Å². The number of halogens is 1. The standard InChI is InChI=1S/C24H23BrN2O5/c1-14(2)31-11-5-10-27-21(17-6-3-4-9-26-17)20(23(29)24(27)30)22(28)19-13-15-12-16(25)7-8-18(15)32-19/h3-4,6-9,12-14,21,29H,5,10-11H2,1-2H3. The molecule has 0 aliphatic carbocycles. The molecule has 1 unspecified atom stereocenters. The number of hydrogen-bond donors (Lipinski definition) is 1. The molecular weight excluding hydrogens is 476 g/mol. The summed E-state index contributed by atoms with van der Waals surface area (Å²) in [7, 11) is 0. The molecule has 4 rings (SSSR count). The molecule has 0 spiro atoms. The van der Waals surface area contributed by atoms with Gasteiger partial charge in [0.1, 0.15) is 11.6 Å². The van der Waals surface area contributed by atoms with Crippen LogP contribution in [-0.4, -0.2) is 45.9 Å². The predicted molar refractivity (Wildman–Crippen MR) is 122 cm³/mol. The monoisotopic (exact) mass is 498 g/mol. The first-order valence-electron chi connectivity index (χ1n) is 10.4. The zero-order valence-electron chi connectivity index (χ0n) is 17.7. The van der Waals surface area contributed by atoms with Gasteiger partial charge in [-0.25, -0.2) is 0 Å². The lowest BCUT2D eigenvalue weighted by molar-refractivity contribution is -0.129. The van der Waals surface area contributed by atoms with Crippen LogP contribution in [-0.2, 0) is 9.53 Å². The summed E-state index contributed by atoms with van der Waals surface area (Å²) in [6.07, 6.45) is 2.23. The van der Waals surface area contributed by atoms with Gasteiger partial charge in [-0.1, -0.05) is 22.0 Å². The highest BCUT2D eigenvalue weighted by Gasteiger charge is 2.44. The number of aliphatic hydroxyl groups excluding tert-OH is 1. The van der Waals surface area contributed by atoms with Crippen molar-refractivity contribution in [2.45, 2.75) is 32.4 Å². The number of carbonyl (C=O) groups is 2. The van der Waals surface area contributed by atoms with Gasteiger partial charge in [0.2, 0.25) is 5.78 Å². The molecule has 0 radical (unpaired) electrons. The Kier molecular flexibility index (Phi) is 6.43. The van der Waals surface area contributed by atoms with Crippen LogP contribution in [0.25, 0.3) is 11.0 Å². The van der Waals surface area contributed by atoms with E-state index in [1.165, 1.54) is 4.90 Å². The average Bonchev–Trinajstić information content (AvgIpc) is 3.30. The number of furan rings is 1. The van der Waals surface area contributed by atoms with E-state index in [9.17, 15) is 14.7 Å². The van der Waals surface area contributed by atoms with Gasteiger partial charge in [-0.05, 0) is 56.7 Å².